The maximum Gasteiger partial charge on any atom is 0.326 e. The summed E-state index contributed by atoms with van der Waals surface area (Å²) in [5, 5.41) is 16.7. The summed E-state index contributed by atoms with van der Waals surface area (Å²) in [6.07, 6.45) is 2.40. The third kappa shape index (κ3) is 9.37. The summed E-state index contributed by atoms with van der Waals surface area (Å²) < 4.78 is 0. The summed E-state index contributed by atoms with van der Waals surface area (Å²) in [6, 6.07) is 4.11. The Bertz CT molecular complexity index is 1070. The van der Waals surface area contributed by atoms with Crippen molar-refractivity contribution in [1.29, 1.82) is 0 Å². The Balaban J connectivity index is 2.17. The average Bonchev–Trinajstić information content (AvgIpc) is 3.34. The number of nitrogens with one attached hydrogen (secondary N) is 4. The van der Waals surface area contributed by atoms with Crippen molar-refractivity contribution in [3.05, 3.63) is 54.1 Å². The van der Waals surface area contributed by atoms with Crippen LogP contribution in [0.25, 0.3) is 0 Å². The molecule has 4 atom stereocenters. The van der Waals surface area contributed by atoms with E-state index in [1.54, 1.807) is 38.1 Å². The first-order valence-corrected chi connectivity index (χ1v) is 11.7. The van der Waals surface area contributed by atoms with Crippen LogP contribution in [0, 0.1) is 5.92 Å². The number of primary amides is 1. The SMILES string of the molecule is CC(C)C(NC(=O)C(Cc1cnc[nH]1)NC(=O)C(CC(N)=O)NC(=O)C(N)Cc1ccccc1)C(=O)O. The molecule has 4 unspecified atom stereocenters. The summed E-state index contributed by atoms with van der Waals surface area (Å²) in [6.45, 7) is 3.25. The van der Waals surface area contributed by atoms with Crippen LogP contribution in [0.2, 0.25) is 0 Å². The highest BCUT2D eigenvalue weighted by atomic mass is 16.4. The van der Waals surface area contributed by atoms with Gasteiger partial charge < -0.3 is 37.5 Å². The van der Waals surface area contributed by atoms with E-state index in [0.717, 1.165) is 5.56 Å². The molecule has 0 aliphatic carbocycles. The number of aliphatic carboxylic acids is 1. The van der Waals surface area contributed by atoms with Crippen molar-refractivity contribution in [3.8, 4) is 0 Å². The van der Waals surface area contributed by atoms with Crippen LogP contribution < -0.4 is 27.4 Å². The van der Waals surface area contributed by atoms with Crippen LogP contribution in [0.4, 0.5) is 0 Å². The maximum absolute atomic E-state index is 13.1. The van der Waals surface area contributed by atoms with Crippen molar-refractivity contribution >= 4 is 29.6 Å². The number of carbonyl (C=O) groups excluding carboxylic acids is 4. The minimum atomic E-state index is -1.41. The summed E-state index contributed by atoms with van der Waals surface area (Å²) in [7, 11) is 0. The molecule has 9 N–H and O–H groups in total. The number of carboxylic acid groups (broad SMARTS) is 1. The van der Waals surface area contributed by atoms with Gasteiger partial charge in [0.15, 0.2) is 0 Å². The molecule has 1 heterocycles. The van der Waals surface area contributed by atoms with E-state index in [9.17, 15) is 29.1 Å². The van der Waals surface area contributed by atoms with Crippen molar-refractivity contribution in [1.82, 2.24) is 25.9 Å². The van der Waals surface area contributed by atoms with Crippen molar-refractivity contribution in [2.75, 3.05) is 0 Å². The molecular formula is C24H33N7O6. The molecule has 200 valence electrons. The third-order valence-corrected chi connectivity index (χ3v) is 5.52. The molecular weight excluding hydrogens is 482 g/mol. The van der Waals surface area contributed by atoms with Gasteiger partial charge in [-0.15, -0.1) is 0 Å². The summed E-state index contributed by atoms with van der Waals surface area (Å²) in [4.78, 5) is 68.6. The lowest BCUT2D eigenvalue weighted by atomic mass is 10.0. The van der Waals surface area contributed by atoms with Crippen LogP contribution >= 0.6 is 0 Å². The minimum Gasteiger partial charge on any atom is -0.480 e. The first-order chi connectivity index (χ1) is 17.5. The largest absolute Gasteiger partial charge is 0.480 e. The lowest BCUT2D eigenvalue weighted by Gasteiger charge is -2.25. The molecule has 0 aliphatic rings. The van der Waals surface area contributed by atoms with Gasteiger partial charge in [-0.2, -0.15) is 0 Å². The zero-order valence-electron chi connectivity index (χ0n) is 20.6. The second-order valence-corrected chi connectivity index (χ2v) is 8.94. The number of rotatable bonds is 14. The number of imidazole rings is 1. The summed E-state index contributed by atoms with van der Waals surface area (Å²) in [5.74, 6) is -4.86. The Hall–Kier alpha value is -4.26. The molecule has 1 aromatic carbocycles. The molecule has 2 rings (SSSR count). The number of carboxylic acids is 1. The van der Waals surface area contributed by atoms with E-state index < -0.39 is 66.1 Å². The number of hydrogen-bond acceptors (Lipinski definition) is 7. The lowest BCUT2D eigenvalue weighted by molar-refractivity contribution is -0.143. The fraction of sp³-hybridized carbons (Fsp3) is 0.417. The highest BCUT2D eigenvalue weighted by Gasteiger charge is 2.32. The number of nitrogens with zero attached hydrogens (tertiary/aromatic N) is 1. The summed E-state index contributed by atoms with van der Waals surface area (Å²) in [5.41, 5.74) is 12.6. The predicted molar refractivity (Wildman–Crippen MR) is 132 cm³/mol. The van der Waals surface area contributed by atoms with E-state index in [0.29, 0.717) is 5.69 Å². The van der Waals surface area contributed by atoms with Gasteiger partial charge in [-0.25, -0.2) is 9.78 Å². The van der Waals surface area contributed by atoms with E-state index in [1.807, 2.05) is 6.07 Å². The van der Waals surface area contributed by atoms with E-state index >= 15 is 0 Å². The van der Waals surface area contributed by atoms with Gasteiger partial charge in [0.2, 0.25) is 23.6 Å². The molecule has 0 fully saturated rings. The van der Waals surface area contributed by atoms with Gasteiger partial charge in [-0.05, 0) is 17.9 Å². The van der Waals surface area contributed by atoms with Gasteiger partial charge in [0, 0.05) is 18.3 Å². The molecule has 0 saturated heterocycles. The number of nitrogens with two attached hydrogens (primary N) is 2. The van der Waals surface area contributed by atoms with Gasteiger partial charge in [-0.3, -0.25) is 19.2 Å². The standard InChI is InChI=1S/C24H33N7O6/c1-13(2)20(24(36)37)31-23(35)17(9-15-11-27-12-28-15)30-22(34)18(10-19(26)32)29-21(33)16(25)8-14-6-4-3-5-7-14/h3-7,11-13,16-18,20H,8-10,25H2,1-2H3,(H2,26,32)(H,27,28)(H,29,33)(H,30,34)(H,31,35)(H,36,37). The van der Waals surface area contributed by atoms with Gasteiger partial charge in [0.05, 0.1) is 18.8 Å². The monoisotopic (exact) mass is 515 g/mol. The Kier molecular flexibility index (Phi) is 10.8. The lowest BCUT2D eigenvalue weighted by Crippen LogP contribution is -2.58. The molecule has 13 heteroatoms. The number of benzene rings is 1. The molecule has 0 aliphatic heterocycles. The molecule has 2 aromatic rings. The fourth-order valence-corrected chi connectivity index (χ4v) is 3.52. The molecule has 1 aromatic heterocycles. The normalized spacial score (nSPS) is 14.2. The zero-order valence-corrected chi connectivity index (χ0v) is 20.6. The molecule has 0 bridgehead atoms. The quantitative estimate of drug-likeness (QED) is 0.158. The van der Waals surface area contributed by atoms with Gasteiger partial charge in [0.1, 0.15) is 18.1 Å². The second kappa shape index (κ2) is 13.7. The van der Waals surface area contributed by atoms with Crippen LogP contribution in [0.1, 0.15) is 31.5 Å². The highest BCUT2D eigenvalue weighted by Crippen LogP contribution is 2.07. The topological polar surface area (TPSA) is 222 Å². The van der Waals surface area contributed by atoms with Crippen molar-refractivity contribution in [2.45, 2.75) is 57.3 Å². The third-order valence-electron chi connectivity index (χ3n) is 5.52. The predicted octanol–water partition coefficient (Wildman–Crippen LogP) is -1.41. The fourth-order valence-electron chi connectivity index (χ4n) is 3.52. The van der Waals surface area contributed by atoms with Crippen molar-refractivity contribution < 1.29 is 29.1 Å². The van der Waals surface area contributed by atoms with Crippen LogP contribution in [0.3, 0.4) is 0 Å². The van der Waals surface area contributed by atoms with Gasteiger partial charge >= 0.3 is 5.97 Å². The second-order valence-electron chi connectivity index (χ2n) is 8.94. The Morgan fingerprint density at radius 1 is 0.946 bits per heavy atom. The molecule has 13 nitrogen and oxygen atoms in total. The maximum atomic E-state index is 13.1. The van der Waals surface area contributed by atoms with Crippen LogP contribution in [-0.2, 0) is 36.8 Å². The number of H-pyrrole nitrogens is 1. The molecule has 37 heavy (non-hydrogen) atoms. The smallest absolute Gasteiger partial charge is 0.326 e. The van der Waals surface area contributed by atoms with Gasteiger partial charge in [0.25, 0.3) is 0 Å². The Labute approximate surface area is 213 Å². The number of aromatic amines is 1. The first-order valence-electron chi connectivity index (χ1n) is 11.7. The minimum absolute atomic E-state index is 0.0627. The molecule has 4 amide bonds. The number of amides is 4. The van der Waals surface area contributed by atoms with E-state index in [4.69, 9.17) is 11.5 Å². The van der Waals surface area contributed by atoms with Crippen LogP contribution in [0.15, 0.2) is 42.9 Å². The number of aromatic nitrogens is 2. The van der Waals surface area contributed by atoms with E-state index in [2.05, 4.69) is 25.9 Å². The van der Waals surface area contributed by atoms with Crippen molar-refractivity contribution in [3.63, 3.8) is 0 Å². The summed E-state index contributed by atoms with van der Waals surface area (Å²) >= 11 is 0. The Morgan fingerprint density at radius 2 is 1.57 bits per heavy atom. The number of carbonyl (C=O) groups is 5. The molecule has 0 saturated carbocycles. The van der Waals surface area contributed by atoms with Gasteiger partial charge in [-0.1, -0.05) is 44.2 Å². The van der Waals surface area contributed by atoms with E-state index in [1.165, 1.54) is 12.5 Å². The molecule has 0 radical (unpaired) electrons. The number of hydrogen-bond donors (Lipinski definition) is 7. The van der Waals surface area contributed by atoms with Crippen LogP contribution in [0.5, 0.6) is 0 Å². The Morgan fingerprint density at radius 3 is 2.11 bits per heavy atom. The average molecular weight is 516 g/mol. The first kappa shape index (κ1) is 29.0. The molecule has 0 spiro atoms. The highest BCUT2D eigenvalue weighted by molar-refractivity contribution is 5.96. The van der Waals surface area contributed by atoms with Crippen LogP contribution in [-0.4, -0.2) is 68.8 Å². The zero-order chi connectivity index (χ0) is 27.5. The van der Waals surface area contributed by atoms with E-state index in [-0.39, 0.29) is 12.8 Å². The van der Waals surface area contributed by atoms with Crippen molar-refractivity contribution in [2.24, 2.45) is 17.4 Å².